The van der Waals surface area contributed by atoms with Gasteiger partial charge in [-0.2, -0.15) is 0 Å². The van der Waals surface area contributed by atoms with E-state index in [0.29, 0.717) is 6.54 Å². The normalized spacial score (nSPS) is 12.0. The van der Waals surface area contributed by atoms with Crippen LogP contribution in [0.2, 0.25) is 0 Å². The predicted octanol–water partition coefficient (Wildman–Crippen LogP) is 2.76. The number of nitrogens with zero attached hydrogens (tertiary/aromatic N) is 2. The van der Waals surface area contributed by atoms with E-state index in [2.05, 4.69) is 15.9 Å². The molecule has 18 heavy (non-hydrogen) atoms. The highest BCUT2D eigenvalue weighted by atomic mass is 79.9. The van der Waals surface area contributed by atoms with E-state index in [9.17, 15) is 14.9 Å². The molecule has 98 valence electrons. The fourth-order valence-electron chi connectivity index (χ4n) is 1.65. The van der Waals surface area contributed by atoms with Crippen LogP contribution in [-0.4, -0.2) is 34.2 Å². The quantitative estimate of drug-likeness (QED) is 0.487. The number of amides is 1. The summed E-state index contributed by atoms with van der Waals surface area (Å²) in [6.07, 6.45) is 0. The van der Waals surface area contributed by atoms with Crippen LogP contribution >= 0.6 is 15.9 Å². The molecular weight excluding hydrogens is 300 g/mol. The van der Waals surface area contributed by atoms with Gasteiger partial charge < -0.3 is 4.90 Å². The highest BCUT2D eigenvalue weighted by Gasteiger charge is 2.23. The van der Waals surface area contributed by atoms with E-state index in [-0.39, 0.29) is 22.0 Å². The molecular formula is C12H15BrN2O3. The van der Waals surface area contributed by atoms with Gasteiger partial charge in [-0.25, -0.2) is 0 Å². The average molecular weight is 315 g/mol. The van der Waals surface area contributed by atoms with Crippen molar-refractivity contribution in [1.29, 1.82) is 0 Å². The molecule has 0 aromatic heterocycles. The van der Waals surface area contributed by atoms with Crippen molar-refractivity contribution in [2.45, 2.75) is 18.7 Å². The molecule has 6 heteroatoms. The third-order valence-electron chi connectivity index (χ3n) is 2.45. The maximum Gasteiger partial charge on any atom is 0.282 e. The minimum atomic E-state index is -0.530. The summed E-state index contributed by atoms with van der Waals surface area (Å²) >= 11 is 3.35. The van der Waals surface area contributed by atoms with Gasteiger partial charge >= 0.3 is 0 Å². The van der Waals surface area contributed by atoms with Gasteiger partial charge in [0.25, 0.3) is 11.6 Å². The molecule has 5 nitrogen and oxygen atoms in total. The van der Waals surface area contributed by atoms with Gasteiger partial charge in [0.05, 0.1) is 4.92 Å². The molecule has 0 radical (unpaired) electrons. The Labute approximate surface area is 114 Å². The molecule has 1 aromatic carbocycles. The third kappa shape index (κ3) is 3.53. The number of hydrogen-bond acceptors (Lipinski definition) is 3. The topological polar surface area (TPSA) is 63.5 Å². The Morgan fingerprint density at radius 1 is 1.56 bits per heavy atom. The molecule has 0 aliphatic heterocycles. The molecule has 0 aliphatic rings. The Bertz CT molecular complexity index is 474. The molecule has 0 spiro atoms. The molecule has 0 heterocycles. The first-order valence-corrected chi connectivity index (χ1v) is 6.39. The van der Waals surface area contributed by atoms with E-state index < -0.39 is 4.92 Å². The third-order valence-corrected chi connectivity index (χ3v) is 2.74. The summed E-state index contributed by atoms with van der Waals surface area (Å²) in [5.74, 6) is -0.336. The predicted molar refractivity (Wildman–Crippen MR) is 73.2 cm³/mol. The Morgan fingerprint density at radius 2 is 2.17 bits per heavy atom. The molecule has 0 N–H and O–H groups in total. The van der Waals surface area contributed by atoms with Gasteiger partial charge in [0, 0.05) is 24.5 Å². The molecule has 1 atom stereocenters. The maximum atomic E-state index is 12.2. The van der Waals surface area contributed by atoms with Crippen LogP contribution in [0.25, 0.3) is 0 Å². The van der Waals surface area contributed by atoms with Crippen molar-refractivity contribution < 1.29 is 9.72 Å². The second-order valence-electron chi connectivity index (χ2n) is 4.24. The van der Waals surface area contributed by atoms with Crippen molar-refractivity contribution in [3.05, 3.63) is 39.4 Å². The zero-order valence-corrected chi connectivity index (χ0v) is 12.1. The van der Waals surface area contributed by atoms with Crippen molar-refractivity contribution in [3.8, 4) is 0 Å². The first-order chi connectivity index (χ1) is 8.32. The first kappa shape index (κ1) is 14.6. The zero-order valence-electron chi connectivity index (χ0n) is 10.5. The van der Waals surface area contributed by atoms with Crippen LogP contribution in [-0.2, 0) is 0 Å². The van der Waals surface area contributed by atoms with Gasteiger partial charge in [-0.1, -0.05) is 28.9 Å². The Kier molecular flexibility index (Phi) is 4.84. The molecule has 1 amide bonds. The van der Waals surface area contributed by atoms with E-state index >= 15 is 0 Å². The number of nitro groups is 1. The van der Waals surface area contributed by atoms with Gasteiger partial charge in [0.15, 0.2) is 0 Å². The molecule has 0 saturated carbocycles. The van der Waals surface area contributed by atoms with E-state index in [0.717, 1.165) is 5.56 Å². The van der Waals surface area contributed by atoms with E-state index in [1.54, 1.807) is 26.1 Å². The van der Waals surface area contributed by atoms with Crippen LogP contribution in [0.15, 0.2) is 18.2 Å². The fourth-order valence-corrected chi connectivity index (χ4v) is 2.08. The maximum absolute atomic E-state index is 12.2. The van der Waals surface area contributed by atoms with Crippen molar-refractivity contribution in [2.75, 3.05) is 13.6 Å². The summed E-state index contributed by atoms with van der Waals surface area (Å²) in [5, 5.41) is 10.9. The monoisotopic (exact) mass is 314 g/mol. The summed E-state index contributed by atoms with van der Waals surface area (Å²) in [7, 11) is 1.63. The van der Waals surface area contributed by atoms with Gasteiger partial charge in [0.2, 0.25) is 0 Å². The minimum Gasteiger partial charge on any atom is -0.340 e. The van der Waals surface area contributed by atoms with Gasteiger partial charge in [-0.15, -0.1) is 0 Å². The zero-order chi connectivity index (χ0) is 13.9. The molecule has 1 rings (SSSR count). The van der Waals surface area contributed by atoms with Crippen LogP contribution in [0.1, 0.15) is 22.8 Å². The van der Waals surface area contributed by atoms with Crippen molar-refractivity contribution in [2.24, 2.45) is 0 Å². The van der Waals surface area contributed by atoms with Crippen molar-refractivity contribution in [3.63, 3.8) is 0 Å². The number of carbonyl (C=O) groups is 1. The summed E-state index contributed by atoms with van der Waals surface area (Å²) in [4.78, 5) is 24.1. The van der Waals surface area contributed by atoms with Crippen molar-refractivity contribution in [1.82, 2.24) is 4.90 Å². The highest BCUT2D eigenvalue weighted by molar-refractivity contribution is 9.09. The number of aryl methyl sites for hydroxylation is 1. The smallest absolute Gasteiger partial charge is 0.282 e. The van der Waals surface area contributed by atoms with E-state index in [1.807, 2.05) is 6.92 Å². The SMILES string of the molecule is Cc1ccc([N+](=O)[O-])c(C(=O)N(C)CC(C)Br)c1. The average Bonchev–Trinajstić information content (AvgIpc) is 2.26. The molecule has 1 aromatic rings. The molecule has 1 unspecified atom stereocenters. The molecule has 0 aliphatic carbocycles. The second kappa shape index (κ2) is 5.95. The summed E-state index contributed by atoms with van der Waals surface area (Å²) < 4.78 is 0. The molecule has 0 bridgehead atoms. The number of alkyl halides is 1. The first-order valence-electron chi connectivity index (χ1n) is 5.47. The lowest BCUT2D eigenvalue weighted by atomic mass is 10.1. The van der Waals surface area contributed by atoms with Crippen LogP contribution in [0.5, 0.6) is 0 Å². The second-order valence-corrected chi connectivity index (χ2v) is 5.81. The lowest BCUT2D eigenvalue weighted by Crippen LogP contribution is -2.31. The summed E-state index contributed by atoms with van der Waals surface area (Å²) in [6.45, 7) is 4.20. The number of benzene rings is 1. The largest absolute Gasteiger partial charge is 0.340 e. The van der Waals surface area contributed by atoms with Crippen molar-refractivity contribution >= 4 is 27.5 Å². The van der Waals surface area contributed by atoms with Gasteiger partial charge in [-0.05, 0) is 18.6 Å². The molecule has 0 fully saturated rings. The summed E-state index contributed by atoms with van der Waals surface area (Å²) in [6, 6.07) is 4.55. The highest BCUT2D eigenvalue weighted by Crippen LogP contribution is 2.21. The number of carbonyl (C=O) groups excluding carboxylic acids is 1. The van der Waals surface area contributed by atoms with Gasteiger partial charge in [0.1, 0.15) is 5.56 Å². The van der Waals surface area contributed by atoms with Crippen LogP contribution in [0.3, 0.4) is 0 Å². The number of hydrogen-bond donors (Lipinski definition) is 0. The Hall–Kier alpha value is -1.43. The van der Waals surface area contributed by atoms with Crippen LogP contribution < -0.4 is 0 Å². The number of rotatable bonds is 4. The standard InChI is InChI=1S/C12H15BrN2O3/c1-8-4-5-11(15(17)18)10(6-8)12(16)14(3)7-9(2)13/h4-6,9H,7H2,1-3H3. The minimum absolute atomic E-state index is 0.135. The fraction of sp³-hybridized carbons (Fsp3) is 0.417. The van der Waals surface area contributed by atoms with E-state index in [4.69, 9.17) is 0 Å². The summed E-state index contributed by atoms with van der Waals surface area (Å²) in [5.41, 5.74) is 0.805. The lowest BCUT2D eigenvalue weighted by molar-refractivity contribution is -0.385. The number of halogens is 1. The Morgan fingerprint density at radius 3 is 2.67 bits per heavy atom. The van der Waals surface area contributed by atoms with E-state index in [1.165, 1.54) is 11.0 Å². The van der Waals surface area contributed by atoms with Gasteiger partial charge in [-0.3, -0.25) is 14.9 Å². The Balaban J connectivity index is 3.11. The number of nitro benzene ring substituents is 1. The lowest BCUT2D eigenvalue weighted by Gasteiger charge is -2.18. The van der Waals surface area contributed by atoms with Crippen LogP contribution in [0, 0.1) is 17.0 Å². The molecule has 0 saturated heterocycles. The van der Waals surface area contributed by atoms with Crippen LogP contribution in [0.4, 0.5) is 5.69 Å².